The van der Waals surface area contributed by atoms with Gasteiger partial charge in [0.2, 0.25) is 0 Å². The number of hydrogen-bond donors (Lipinski definition) is 4. The first-order valence-corrected chi connectivity index (χ1v) is 12.0. The van der Waals surface area contributed by atoms with Gasteiger partial charge in [-0.25, -0.2) is 10.4 Å². The molecule has 5 N–H and O–H groups in total. The van der Waals surface area contributed by atoms with E-state index in [2.05, 4.69) is 64.9 Å². The van der Waals surface area contributed by atoms with E-state index in [1.807, 2.05) is 10.9 Å². The third kappa shape index (κ3) is 4.08. The maximum atomic E-state index is 6.29. The van der Waals surface area contributed by atoms with Crippen molar-refractivity contribution in [2.75, 3.05) is 24.5 Å². The summed E-state index contributed by atoms with van der Waals surface area (Å²) < 4.78 is 2.00. The first-order valence-electron chi connectivity index (χ1n) is 12.0. The molecule has 0 bridgehead atoms. The molecular formula is C24H36N8. The fourth-order valence-electron chi connectivity index (χ4n) is 5.46. The zero-order valence-electron chi connectivity index (χ0n) is 19.2. The Morgan fingerprint density at radius 1 is 1.31 bits per heavy atom. The lowest BCUT2D eigenvalue weighted by molar-refractivity contribution is 0.265. The number of hydrogen-bond acceptors (Lipinski definition) is 7. The molecule has 4 unspecified atom stereocenters. The predicted molar refractivity (Wildman–Crippen MR) is 128 cm³/mol. The number of anilines is 1. The van der Waals surface area contributed by atoms with Crippen LogP contribution in [0.2, 0.25) is 0 Å². The van der Waals surface area contributed by atoms with Crippen LogP contribution in [0.15, 0.2) is 31.1 Å². The SMILES string of the molecule is C=C(C)c1ccc(C2NNC3CNC(c4cnn(CC)c4)CC32)nc1N1CCC[C@H](N)C1. The molecule has 3 fully saturated rings. The van der Waals surface area contributed by atoms with Crippen molar-refractivity contribution < 1.29 is 0 Å². The molecule has 5 rings (SSSR count). The fourth-order valence-corrected chi connectivity index (χ4v) is 5.46. The summed E-state index contributed by atoms with van der Waals surface area (Å²) in [6, 6.07) is 5.44. The maximum Gasteiger partial charge on any atom is 0.136 e. The van der Waals surface area contributed by atoms with Gasteiger partial charge in [0.1, 0.15) is 5.82 Å². The summed E-state index contributed by atoms with van der Waals surface area (Å²) in [6.45, 7) is 12.1. The van der Waals surface area contributed by atoms with Crippen LogP contribution in [0.3, 0.4) is 0 Å². The zero-order valence-corrected chi connectivity index (χ0v) is 19.2. The van der Waals surface area contributed by atoms with E-state index in [-0.39, 0.29) is 12.1 Å². The summed E-state index contributed by atoms with van der Waals surface area (Å²) >= 11 is 0. The third-order valence-corrected chi connectivity index (χ3v) is 7.27. The molecule has 0 aliphatic carbocycles. The normalized spacial score (nSPS) is 30.3. The Hall–Kier alpha value is -2.26. The van der Waals surface area contributed by atoms with Crippen LogP contribution in [-0.2, 0) is 6.54 Å². The van der Waals surface area contributed by atoms with Gasteiger partial charge in [-0.05, 0) is 50.8 Å². The van der Waals surface area contributed by atoms with Crippen molar-refractivity contribution in [3.05, 3.63) is 47.9 Å². The van der Waals surface area contributed by atoms with Gasteiger partial charge in [0.15, 0.2) is 0 Å². The number of hydrazine groups is 1. The van der Waals surface area contributed by atoms with Crippen molar-refractivity contribution in [3.63, 3.8) is 0 Å². The smallest absolute Gasteiger partial charge is 0.136 e. The molecule has 2 aromatic rings. The number of piperidine rings is 2. The Bertz CT molecular complexity index is 969. The summed E-state index contributed by atoms with van der Waals surface area (Å²) in [5, 5.41) is 8.18. The average molecular weight is 437 g/mol. The second-order valence-electron chi connectivity index (χ2n) is 9.60. The molecule has 0 radical (unpaired) electrons. The Kier molecular flexibility index (Phi) is 6.03. The monoisotopic (exact) mass is 436 g/mol. The van der Waals surface area contributed by atoms with E-state index >= 15 is 0 Å². The molecule has 32 heavy (non-hydrogen) atoms. The van der Waals surface area contributed by atoms with Crippen molar-refractivity contribution in [1.29, 1.82) is 0 Å². The highest BCUT2D eigenvalue weighted by Gasteiger charge is 2.42. The van der Waals surface area contributed by atoms with Crippen molar-refractivity contribution in [2.24, 2.45) is 11.7 Å². The summed E-state index contributed by atoms with van der Waals surface area (Å²) in [6.07, 6.45) is 7.40. The molecule has 3 aliphatic heterocycles. The quantitative estimate of drug-likeness (QED) is 0.570. The van der Waals surface area contributed by atoms with Gasteiger partial charge in [-0.1, -0.05) is 6.58 Å². The Morgan fingerprint density at radius 2 is 2.19 bits per heavy atom. The van der Waals surface area contributed by atoms with Crippen molar-refractivity contribution in [2.45, 2.75) is 63.8 Å². The van der Waals surface area contributed by atoms with E-state index in [9.17, 15) is 0 Å². The Morgan fingerprint density at radius 3 is 2.94 bits per heavy atom. The molecule has 3 aliphatic rings. The number of allylic oxidation sites excluding steroid dienone is 1. The summed E-state index contributed by atoms with van der Waals surface area (Å²) in [4.78, 5) is 7.56. The van der Waals surface area contributed by atoms with E-state index in [4.69, 9.17) is 10.7 Å². The van der Waals surface area contributed by atoms with E-state index in [0.29, 0.717) is 18.0 Å². The zero-order chi connectivity index (χ0) is 22.2. The minimum atomic E-state index is 0.169. The van der Waals surface area contributed by atoms with Crippen molar-refractivity contribution in [3.8, 4) is 0 Å². The Labute approximate surface area is 190 Å². The second kappa shape index (κ2) is 8.94. The molecule has 172 valence electrons. The van der Waals surface area contributed by atoms with E-state index in [1.165, 1.54) is 5.56 Å². The van der Waals surface area contributed by atoms with Crippen LogP contribution in [0.5, 0.6) is 0 Å². The largest absolute Gasteiger partial charge is 0.355 e. The highest BCUT2D eigenvalue weighted by Crippen LogP contribution is 2.39. The Balaban J connectivity index is 1.41. The van der Waals surface area contributed by atoms with Gasteiger partial charge < -0.3 is 16.0 Å². The minimum Gasteiger partial charge on any atom is -0.355 e. The molecule has 2 aromatic heterocycles. The van der Waals surface area contributed by atoms with E-state index < -0.39 is 0 Å². The first kappa shape index (κ1) is 21.6. The lowest BCUT2D eigenvalue weighted by Gasteiger charge is -2.35. The standard InChI is InChI=1S/C24H36N8/c1-4-32-13-16(11-27-32)21-10-19-22(12-26-21)29-30-23(19)20-8-7-18(15(2)3)24(28-20)31-9-5-6-17(25)14-31/h7-8,11,13,17,19,21-23,26,29-30H,2,4-6,9-10,12,14,25H2,1,3H3/t17-,19?,21?,22?,23?/m0/s1. The minimum absolute atomic E-state index is 0.169. The lowest BCUT2D eigenvalue weighted by Crippen LogP contribution is -2.46. The molecular weight excluding hydrogens is 400 g/mol. The molecule has 0 spiro atoms. The summed E-state index contributed by atoms with van der Waals surface area (Å²) in [5.41, 5.74) is 17.9. The average Bonchev–Trinajstić information content (AvgIpc) is 3.45. The van der Waals surface area contributed by atoms with Gasteiger partial charge in [0.25, 0.3) is 0 Å². The number of nitrogens with two attached hydrogens (primary N) is 1. The van der Waals surface area contributed by atoms with Crippen LogP contribution in [0.4, 0.5) is 5.82 Å². The number of nitrogens with zero attached hydrogens (tertiary/aromatic N) is 4. The molecule has 5 heterocycles. The summed E-state index contributed by atoms with van der Waals surface area (Å²) in [7, 11) is 0. The number of rotatable bonds is 5. The fraction of sp³-hybridized carbons (Fsp3) is 0.583. The van der Waals surface area contributed by atoms with Crippen molar-refractivity contribution >= 4 is 11.4 Å². The molecule has 8 heteroatoms. The third-order valence-electron chi connectivity index (χ3n) is 7.27. The van der Waals surface area contributed by atoms with Crippen LogP contribution >= 0.6 is 0 Å². The topological polar surface area (TPSA) is 96.1 Å². The van der Waals surface area contributed by atoms with Gasteiger partial charge in [0, 0.05) is 67.5 Å². The highest BCUT2D eigenvalue weighted by molar-refractivity contribution is 5.72. The van der Waals surface area contributed by atoms with Gasteiger partial charge >= 0.3 is 0 Å². The highest BCUT2D eigenvalue weighted by atomic mass is 15.4. The molecule has 5 atom stereocenters. The van der Waals surface area contributed by atoms with Crippen LogP contribution in [-0.4, -0.2) is 46.5 Å². The van der Waals surface area contributed by atoms with Gasteiger partial charge in [0.05, 0.1) is 17.9 Å². The van der Waals surface area contributed by atoms with Crippen LogP contribution in [0.25, 0.3) is 5.57 Å². The molecule has 0 aromatic carbocycles. The van der Waals surface area contributed by atoms with Crippen LogP contribution in [0, 0.1) is 5.92 Å². The summed E-state index contributed by atoms with van der Waals surface area (Å²) in [5.74, 6) is 1.48. The molecule has 0 amide bonds. The first-order chi connectivity index (χ1) is 15.5. The van der Waals surface area contributed by atoms with E-state index in [0.717, 1.165) is 68.1 Å². The lowest BCUT2D eigenvalue weighted by atomic mass is 9.81. The number of aromatic nitrogens is 3. The van der Waals surface area contributed by atoms with Gasteiger partial charge in [-0.2, -0.15) is 5.10 Å². The van der Waals surface area contributed by atoms with Crippen molar-refractivity contribution in [1.82, 2.24) is 30.9 Å². The number of pyridine rings is 1. The number of nitrogens with one attached hydrogen (secondary N) is 3. The molecule has 0 saturated carbocycles. The number of fused-ring (bicyclic) bond motifs is 1. The van der Waals surface area contributed by atoms with Crippen LogP contribution < -0.4 is 26.8 Å². The second-order valence-corrected chi connectivity index (χ2v) is 9.60. The van der Waals surface area contributed by atoms with Gasteiger partial charge in [-0.3, -0.25) is 10.1 Å². The van der Waals surface area contributed by atoms with Crippen LogP contribution in [0.1, 0.15) is 62.0 Å². The van der Waals surface area contributed by atoms with Gasteiger partial charge in [-0.15, -0.1) is 0 Å². The number of aryl methyl sites for hydroxylation is 1. The molecule has 3 saturated heterocycles. The van der Waals surface area contributed by atoms with E-state index in [1.54, 1.807) is 0 Å². The maximum absolute atomic E-state index is 6.29. The molecule has 8 nitrogen and oxygen atoms in total. The predicted octanol–water partition coefficient (Wildman–Crippen LogP) is 2.13.